The van der Waals surface area contributed by atoms with Crippen LogP contribution in [0, 0.1) is 5.92 Å². The van der Waals surface area contributed by atoms with Crippen LogP contribution in [0.15, 0.2) is 0 Å². The van der Waals surface area contributed by atoms with E-state index >= 15 is 0 Å². The average Bonchev–Trinajstić information content (AvgIpc) is 2.70. The standard InChI is InChI=1S/C16H32N4O/c1-6-14-16(21)20(15(17-14)9-12(2)3)11-13-10-18(4)7-8-19(13)5/h12-15,17H,6-11H2,1-5H3. The van der Waals surface area contributed by atoms with E-state index in [1.54, 1.807) is 0 Å². The molecular formula is C16H32N4O. The monoisotopic (exact) mass is 296 g/mol. The topological polar surface area (TPSA) is 38.8 Å². The van der Waals surface area contributed by atoms with Crippen molar-refractivity contribution in [2.24, 2.45) is 5.92 Å². The number of likely N-dealkylation sites (N-methyl/N-ethyl adjacent to an activating group) is 2. The smallest absolute Gasteiger partial charge is 0.241 e. The number of carbonyl (C=O) groups is 1. The second-order valence-corrected chi connectivity index (χ2v) is 7.16. The first kappa shape index (κ1) is 16.7. The van der Waals surface area contributed by atoms with Crippen molar-refractivity contribution in [3.8, 4) is 0 Å². The number of hydrogen-bond donors (Lipinski definition) is 1. The van der Waals surface area contributed by atoms with Gasteiger partial charge in [0.05, 0.1) is 12.2 Å². The minimum atomic E-state index is 0.0142. The third-order valence-electron chi connectivity index (χ3n) is 4.84. The molecule has 2 heterocycles. The van der Waals surface area contributed by atoms with Crippen LogP contribution in [0.2, 0.25) is 0 Å². The Labute approximate surface area is 129 Å². The maximum atomic E-state index is 12.6. The van der Waals surface area contributed by atoms with Crippen LogP contribution in [0.3, 0.4) is 0 Å². The second-order valence-electron chi connectivity index (χ2n) is 7.16. The quantitative estimate of drug-likeness (QED) is 0.815. The van der Waals surface area contributed by atoms with Crippen molar-refractivity contribution in [3.63, 3.8) is 0 Å². The van der Waals surface area contributed by atoms with Gasteiger partial charge in [-0.25, -0.2) is 0 Å². The fourth-order valence-electron chi connectivity index (χ4n) is 3.42. The number of piperazine rings is 1. The Bertz CT molecular complexity index is 360. The summed E-state index contributed by atoms with van der Waals surface area (Å²) in [6.45, 7) is 10.6. The predicted octanol–water partition coefficient (Wildman–Crippen LogP) is 0.815. The highest BCUT2D eigenvalue weighted by atomic mass is 16.2. The summed E-state index contributed by atoms with van der Waals surface area (Å²) >= 11 is 0. The van der Waals surface area contributed by atoms with Crippen LogP contribution in [0.25, 0.3) is 0 Å². The lowest BCUT2D eigenvalue weighted by Gasteiger charge is -2.40. The Morgan fingerprint density at radius 2 is 2.00 bits per heavy atom. The molecule has 5 nitrogen and oxygen atoms in total. The van der Waals surface area contributed by atoms with Crippen molar-refractivity contribution >= 4 is 5.91 Å². The molecule has 2 fully saturated rings. The molecule has 1 N–H and O–H groups in total. The summed E-state index contributed by atoms with van der Waals surface area (Å²) in [6, 6.07) is 0.458. The molecule has 21 heavy (non-hydrogen) atoms. The molecule has 2 aliphatic heterocycles. The largest absolute Gasteiger partial charge is 0.324 e. The molecule has 0 bridgehead atoms. The van der Waals surface area contributed by atoms with Gasteiger partial charge >= 0.3 is 0 Å². The molecule has 1 amide bonds. The molecule has 3 atom stereocenters. The van der Waals surface area contributed by atoms with E-state index in [1.807, 2.05) is 0 Å². The van der Waals surface area contributed by atoms with Crippen molar-refractivity contribution in [1.82, 2.24) is 20.0 Å². The van der Waals surface area contributed by atoms with E-state index in [1.165, 1.54) is 0 Å². The van der Waals surface area contributed by atoms with E-state index in [0.29, 0.717) is 17.9 Å². The zero-order valence-corrected chi connectivity index (χ0v) is 14.3. The van der Waals surface area contributed by atoms with Gasteiger partial charge in [0.2, 0.25) is 5.91 Å². The molecule has 0 aromatic carbocycles. The van der Waals surface area contributed by atoms with Crippen molar-refractivity contribution < 1.29 is 4.79 Å². The van der Waals surface area contributed by atoms with Crippen LogP contribution >= 0.6 is 0 Å². The van der Waals surface area contributed by atoms with Gasteiger partial charge < -0.3 is 9.80 Å². The molecular weight excluding hydrogens is 264 g/mol. The molecule has 0 spiro atoms. The maximum Gasteiger partial charge on any atom is 0.241 e. The second kappa shape index (κ2) is 7.07. The van der Waals surface area contributed by atoms with Crippen molar-refractivity contribution in [1.29, 1.82) is 0 Å². The summed E-state index contributed by atoms with van der Waals surface area (Å²) in [5.74, 6) is 0.893. The van der Waals surface area contributed by atoms with Crippen LogP contribution < -0.4 is 5.32 Å². The van der Waals surface area contributed by atoms with Crippen molar-refractivity contribution in [2.75, 3.05) is 40.3 Å². The molecule has 2 aliphatic rings. The Kier molecular flexibility index (Phi) is 5.63. The normalized spacial score (nSPS) is 32.4. The highest BCUT2D eigenvalue weighted by Gasteiger charge is 2.39. The van der Waals surface area contributed by atoms with Crippen LogP contribution in [0.1, 0.15) is 33.6 Å². The van der Waals surface area contributed by atoms with Crippen molar-refractivity contribution in [2.45, 2.75) is 51.9 Å². The zero-order chi connectivity index (χ0) is 15.6. The lowest BCUT2D eigenvalue weighted by molar-refractivity contribution is -0.131. The van der Waals surface area contributed by atoms with E-state index in [2.05, 4.69) is 54.9 Å². The Morgan fingerprint density at radius 3 is 2.62 bits per heavy atom. The summed E-state index contributed by atoms with van der Waals surface area (Å²) in [5, 5.41) is 3.53. The third kappa shape index (κ3) is 3.96. The molecule has 0 aromatic rings. The summed E-state index contributed by atoms with van der Waals surface area (Å²) in [4.78, 5) is 19.5. The number of amides is 1. The minimum Gasteiger partial charge on any atom is -0.324 e. The van der Waals surface area contributed by atoms with Crippen LogP contribution in [-0.4, -0.2) is 79.1 Å². The first-order chi connectivity index (χ1) is 9.92. The van der Waals surface area contributed by atoms with E-state index in [4.69, 9.17) is 0 Å². The number of nitrogens with one attached hydrogen (secondary N) is 1. The van der Waals surface area contributed by atoms with E-state index < -0.39 is 0 Å². The van der Waals surface area contributed by atoms with Crippen LogP contribution in [0.5, 0.6) is 0 Å². The SMILES string of the molecule is CCC1NC(CC(C)C)N(CC2CN(C)CCN2C)C1=O. The molecule has 5 heteroatoms. The fraction of sp³-hybridized carbons (Fsp3) is 0.938. The summed E-state index contributed by atoms with van der Waals surface area (Å²) in [7, 11) is 4.35. The Morgan fingerprint density at radius 1 is 1.29 bits per heavy atom. The van der Waals surface area contributed by atoms with Gasteiger partial charge in [-0.2, -0.15) is 0 Å². The van der Waals surface area contributed by atoms with Crippen LogP contribution in [-0.2, 0) is 4.79 Å². The van der Waals surface area contributed by atoms with E-state index in [0.717, 1.165) is 39.0 Å². The van der Waals surface area contributed by atoms with Gasteiger partial charge in [-0.3, -0.25) is 15.0 Å². The minimum absolute atomic E-state index is 0.0142. The number of nitrogens with zero attached hydrogens (tertiary/aromatic N) is 3. The molecule has 0 radical (unpaired) electrons. The van der Waals surface area contributed by atoms with Gasteiger partial charge in [-0.15, -0.1) is 0 Å². The predicted molar refractivity (Wildman–Crippen MR) is 86.1 cm³/mol. The first-order valence-corrected chi connectivity index (χ1v) is 8.37. The molecule has 0 saturated carbocycles. The van der Waals surface area contributed by atoms with Gasteiger partial charge in [0.25, 0.3) is 0 Å². The summed E-state index contributed by atoms with van der Waals surface area (Å²) in [6.07, 6.45) is 2.13. The first-order valence-electron chi connectivity index (χ1n) is 8.37. The van der Waals surface area contributed by atoms with Gasteiger partial charge in [0.15, 0.2) is 0 Å². The van der Waals surface area contributed by atoms with Gasteiger partial charge in [-0.1, -0.05) is 20.8 Å². The number of carbonyl (C=O) groups excluding carboxylic acids is 1. The van der Waals surface area contributed by atoms with Gasteiger partial charge in [0.1, 0.15) is 0 Å². The number of rotatable bonds is 5. The molecule has 0 aromatic heterocycles. The van der Waals surface area contributed by atoms with Gasteiger partial charge in [-0.05, 0) is 32.9 Å². The lowest BCUT2D eigenvalue weighted by atomic mass is 10.1. The highest BCUT2D eigenvalue weighted by Crippen LogP contribution is 2.21. The fourth-order valence-corrected chi connectivity index (χ4v) is 3.42. The molecule has 2 rings (SSSR count). The third-order valence-corrected chi connectivity index (χ3v) is 4.84. The lowest BCUT2D eigenvalue weighted by Crippen LogP contribution is -2.56. The number of hydrogen-bond acceptors (Lipinski definition) is 4. The molecule has 2 saturated heterocycles. The van der Waals surface area contributed by atoms with E-state index in [-0.39, 0.29) is 12.2 Å². The Balaban J connectivity index is 2.04. The summed E-state index contributed by atoms with van der Waals surface area (Å²) < 4.78 is 0. The van der Waals surface area contributed by atoms with Crippen LogP contribution in [0.4, 0.5) is 0 Å². The average molecular weight is 296 g/mol. The van der Waals surface area contributed by atoms with E-state index in [9.17, 15) is 4.79 Å². The molecule has 0 aliphatic carbocycles. The molecule has 3 unspecified atom stereocenters. The van der Waals surface area contributed by atoms with Gasteiger partial charge in [0, 0.05) is 32.2 Å². The summed E-state index contributed by atoms with van der Waals surface area (Å²) in [5.41, 5.74) is 0. The zero-order valence-electron chi connectivity index (χ0n) is 14.3. The molecule has 122 valence electrons. The highest BCUT2D eigenvalue weighted by molar-refractivity contribution is 5.84. The Hall–Kier alpha value is -0.650. The van der Waals surface area contributed by atoms with Crippen molar-refractivity contribution in [3.05, 3.63) is 0 Å². The maximum absolute atomic E-state index is 12.6.